The number of nitrogens with zero attached hydrogens (tertiary/aromatic N) is 2. The monoisotopic (exact) mass is 463 g/mol. The van der Waals surface area contributed by atoms with E-state index in [1.807, 2.05) is 30.3 Å². The number of nitrogens with one attached hydrogen (secondary N) is 3. The van der Waals surface area contributed by atoms with Crippen molar-refractivity contribution in [2.75, 3.05) is 17.2 Å². The second kappa shape index (κ2) is 11.1. The molecule has 178 valence electrons. The first-order valence-corrected chi connectivity index (χ1v) is 11.2. The lowest BCUT2D eigenvalue weighted by Gasteiger charge is -2.08. The van der Waals surface area contributed by atoms with Gasteiger partial charge in [0.1, 0.15) is 5.69 Å². The van der Waals surface area contributed by atoms with Gasteiger partial charge < -0.3 is 16.0 Å². The lowest BCUT2D eigenvalue weighted by molar-refractivity contribution is -0.136. The van der Waals surface area contributed by atoms with Gasteiger partial charge in [-0.1, -0.05) is 38.0 Å². The summed E-state index contributed by atoms with van der Waals surface area (Å²) in [5.74, 6) is -1.93. The zero-order chi connectivity index (χ0) is 24.7. The summed E-state index contributed by atoms with van der Waals surface area (Å²) in [6.07, 6.45) is 2.82. The number of para-hydroxylation sites is 1. The van der Waals surface area contributed by atoms with Gasteiger partial charge in [0.15, 0.2) is 0 Å². The predicted molar refractivity (Wildman–Crippen MR) is 131 cm³/mol. The Morgan fingerprint density at radius 3 is 2.21 bits per heavy atom. The smallest absolute Gasteiger partial charge is 0.313 e. The first kappa shape index (κ1) is 24.5. The fourth-order valence-electron chi connectivity index (χ4n) is 3.45. The molecule has 9 nitrogen and oxygen atoms in total. The molecule has 0 aliphatic carbocycles. The number of hydrogen-bond donors (Lipinski definition) is 3. The van der Waals surface area contributed by atoms with E-state index in [1.165, 1.54) is 28.9 Å². The highest BCUT2D eigenvalue weighted by atomic mass is 16.2. The van der Waals surface area contributed by atoms with Crippen LogP contribution in [0.1, 0.15) is 42.2 Å². The highest BCUT2D eigenvalue weighted by Crippen LogP contribution is 2.16. The van der Waals surface area contributed by atoms with Crippen molar-refractivity contribution in [2.45, 2.75) is 33.1 Å². The molecule has 3 N–H and O–H groups in total. The average Bonchev–Trinajstić information content (AvgIpc) is 3.05. The quantitative estimate of drug-likeness (QED) is 0.352. The highest BCUT2D eigenvalue weighted by molar-refractivity contribution is 6.39. The first-order chi connectivity index (χ1) is 16.3. The minimum atomic E-state index is -0.768. The minimum absolute atomic E-state index is 0.188. The Morgan fingerprint density at radius 1 is 0.882 bits per heavy atom. The summed E-state index contributed by atoms with van der Waals surface area (Å²) < 4.78 is 3.16. The fraction of sp³-hybridized carbons (Fsp3) is 0.280. The van der Waals surface area contributed by atoms with Crippen LogP contribution in [0.25, 0.3) is 5.69 Å². The van der Waals surface area contributed by atoms with Gasteiger partial charge in [0.2, 0.25) is 0 Å². The van der Waals surface area contributed by atoms with Crippen molar-refractivity contribution in [2.24, 2.45) is 7.05 Å². The van der Waals surface area contributed by atoms with E-state index >= 15 is 0 Å². The maximum absolute atomic E-state index is 13.0. The molecule has 34 heavy (non-hydrogen) atoms. The molecule has 0 atom stereocenters. The Bertz CT molecular complexity index is 1230. The van der Waals surface area contributed by atoms with Crippen LogP contribution in [0.15, 0.2) is 59.4 Å². The van der Waals surface area contributed by atoms with Crippen LogP contribution in [0.4, 0.5) is 11.4 Å². The summed E-state index contributed by atoms with van der Waals surface area (Å²) in [4.78, 5) is 49.6. The highest BCUT2D eigenvalue weighted by Gasteiger charge is 2.19. The molecule has 1 aromatic heterocycles. The van der Waals surface area contributed by atoms with Crippen LogP contribution in [-0.4, -0.2) is 33.6 Å². The average molecular weight is 464 g/mol. The van der Waals surface area contributed by atoms with Crippen LogP contribution in [0.2, 0.25) is 0 Å². The Hall–Kier alpha value is -4.14. The van der Waals surface area contributed by atoms with Crippen molar-refractivity contribution in [1.29, 1.82) is 0 Å². The SMILES string of the molecule is CCCCCNC(=O)C(=O)Nc1ccc(C(=O)Nc2c(C)n(C)n(-c3ccccc3)c2=O)cc1. The van der Waals surface area contributed by atoms with Crippen LogP contribution in [0, 0.1) is 6.92 Å². The number of unbranched alkanes of at least 4 members (excludes halogenated alkanes) is 2. The van der Waals surface area contributed by atoms with Crippen molar-refractivity contribution in [1.82, 2.24) is 14.7 Å². The maximum atomic E-state index is 13.0. The molecule has 0 fully saturated rings. The van der Waals surface area contributed by atoms with E-state index < -0.39 is 17.7 Å². The number of benzene rings is 2. The van der Waals surface area contributed by atoms with Crippen molar-refractivity contribution in [3.05, 3.63) is 76.2 Å². The van der Waals surface area contributed by atoms with Gasteiger partial charge in [-0.15, -0.1) is 0 Å². The molecular formula is C25H29N5O4. The van der Waals surface area contributed by atoms with Crippen LogP contribution in [0.3, 0.4) is 0 Å². The minimum Gasteiger partial charge on any atom is -0.348 e. The molecule has 0 saturated heterocycles. The third kappa shape index (κ3) is 5.61. The van der Waals surface area contributed by atoms with Gasteiger partial charge in [-0.05, 0) is 49.7 Å². The summed E-state index contributed by atoms with van der Waals surface area (Å²) in [6, 6.07) is 15.2. The molecule has 0 unspecified atom stereocenters. The number of carbonyl (C=O) groups is 3. The number of anilines is 2. The number of rotatable bonds is 8. The van der Waals surface area contributed by atoms with Gasteiger partial charge >= 0.3 is 11.8 Å². The van der Waals surface area contributed by atoms with E-state index in [0.717, 1.165) is 19.3 Å². The van der Waals surface area contributed by atoms with Gasteiger partial charge in [-0.25, -0.2) is 4.68 Å². The van der Waals surface area contributed by atoms with E-state index in [9.17, 15) is 19.2 Å². The lowest BCUT2D eigenvalue weighted by Crippen LogP contribution is -2.35. The molecule has 3 amide bonds. The topological polar surface area (TPSA) is 114 Å². The van der Waals surface area contributed by atoms with E-state index in [4.69, 9.17) is 0 Å². The predicted octanol–water partition coefficient (Wildman–Crippen LogP) is 2.98. The number of carbonyl (C=O) groups excluding carboxylic acids is 3. The van der Waals surface area contributed by atoms with E-state index in [1.54, 1.807) is 18.7 Å². The molecule has 9 heteroatoms. The Kier molecular flexibility index (Phi) is 8.02. The molecule has 0 aliphatic rings. The van der Waals surface area contributed by atoms with Gasteiger partial charge in [0.25, 0.3) is 11.5 Å². The Labute approximate surface area is 197 Å². The van der Waals surface area contributed by atoms with Gasteiger partial charge in [-0.3, -0.25) is 23.9 Å². The standard InChI is InChI=1S/C25H29N5O4/c1-4-5-9-16-26-23(32)24(33)27-19-14-12-18(13-15-19)22(31)28-21-17(2)29(3)30(25(21)34)20-10-7-6-8-11-20/h6-8,10-15H,4-5,9,16H2,1-3H3,(H,26,32)(H,27,33)(H,28,31). The van der Waals surface area contributed by atoms with Crippen LogP contribution in [-0.2, 0) is 16.6 Å². The third-order valence-corrected chi connectivity index (χ3v) is 5.47. The largest absolute Gasteiger partial charge is 0.348 e. The summed E-state index contributed by atoms with van der Waals surface area (Å²) in [7, 11) is 1.75. The molecule has 0 spiro atoms. The lowest BCUT2D eigenvalue weighted by atomic mass is 10.2. The Balaban J connectivity index is 1.66. The van der Waals surface area contributed by atoms with E-state index in [2.05, 4.69) is 22.9 Å². The van der Waals surface area contributed by atoms with Crippen molar-refractivity contribution in [3.63, 3.8) is 0 Å². The van der Waals surface area contributed by atoms with Crippen LogP contribution >= 0.6 is 0 Å². The molecule has 2 aromatic carbocycles. The molecule has 0 saturated carbocycles. The molecule has 1 heterocycles. The maximum Gasteiger partial charge on any atom is 0.313 e. The number of hydrogen-bond acceptors (Lipinski definition) is 4. The van der Waals surface area contributed by atoms with Crippen molar-refractivity contribution < 1.29 is 14.4 Å². The molecular weight excluding hydrogens is 434 g/mol. The summed E-state index contributed by atoms with van der Waals surface area (Å²) in [5.41, 5.74) is 1.83. The summed E-state index contributed by atoms with van der Waals surface area (Å²) in [6.45, 7) is 4.26. The summed E-state index contributed by atoms with van der Waals surface area (Å²) >= 11 is 0. The number of amides is 3. The van der Waals surface area contributed by atoms with Crippen molar-refractivity contribution >= 4 is 29.1 Å². The van der Waals surface area contributed by atoms with Gasteiger partial charge in [0.05, 0.1) is 11.4 Å². The van der Waals surface area contributed by atoms with E-state index in [0.29, 0.717) is 29.2 Å². The fourth-order valence-corrected chi connectivity index (χ4v) is 3.45. The van der Waals surface area contributed by atoms with Gasteiger partial charge in [-0.2, -0.15) is 0 Å². The normalized spacial score (nSPS) is 10.6. The molecule has 3 aromatic rings. The van der Waals surface area contributed by atoms with Crippen LogP contribution in [0.5, 0.6) is 0 Å². The second-order valence-electron chi connectivity index (χ2n) is 7.89. The molecule has 0 bridgehead atoms. The van der Waals surface area contributed by atoms with Crippen LogP contribution < -0.4 is 21.5 Å². The Morgan fingerprint density at radius 2 is 1.56 bits per heavy atom. The third-order valence-electron chi connectivity index (χ3n) is 5.47. The van der Waals surface area contributed by atoms with Crippen molar-refractivity contribution in [3.8, 4) is 5.69 Å². The van der Waals surface area contributed by atoms with Gasteiger partial charge in [0, 0.05) is 24.8 Å². The molecule has 3 rings (SSSR count). The summed E-state index contributed by atoms with van der Waals surface area (Å²) in [5, 5.41) is 7.77. The zero-order valence-electron chi connectivity index (χ0n) is 19.6. The van der Waals surface area contributed by atoms with E-state index in [-0.39, 0.29) is 11.2 Å². The molecule has 0 radical (unpaired) electrons. The second-order valence-corrected chi connectivity index (χ2v) is 7.89. The zero-order valence-corrected chi connectivity index (χ0v) is 19.6. The first-order valence-electron chi connectivity index (χ1n) is 11.2. The molecule has 0 aliphatic heterocycles. The number of aromatic nitrogens is 2.